The Morgan fingerprint density at radius 1 is 1.35 bits per heavy atom. The molecule has 2 heterocycles. The van der Waals surface area contributed by atoms with Crippen molar-refractivity contribution in [3.8, 4) is 11.4 Å². The molecule has 1 aliphatic rings. The van der Waals surface area contributed by atoms with Crippen molar-refractivity contribution >= 4 is 23.4 Å². The van der Waals surface area contributed by atoms with Crippen LogP contribution in [0.1, 0.15) is 0 Å². The Bertz CT molecular complexity index is 557. The van der Waals surface area contributed by atoms with Crippen LogP contribution in [-0.4, -0.2) is 31.7 Å². The minimum Gasteiger partial charge on any atom is -0.390 e. The Labute approximate surface area is 108 Å². The molecule has 88 valence electrons. The lowest BCUT2D eigenvalue weighted by molar-refractivity contribution is 0.171. The number of fused-ring (bicyclic) bond motifs is 1. The van der Waals surface area contributed by atoms with E-state index >= 15 is 0 Å². The first-order valence-corrected chi connectivity index (χ1v) is 6.61. The maximum Gasteiger partial charge on any atom is 0.191 e. The minimum absolute atomic E-state index is 0.357. The first-order chi connectivity index (χ1) is 8.25. The Morgan fingerprint density at radius 2 is 2.18 bits per heavy atom. The molecular formula is C11H10ClN3OS. The van der Waals surface area contributed by atoms with Gasteiger partial charge in [-0.1, -0.05) is 35.5 Å². The van der Waals surface area contributed by atoms with Crippen LogP contribution in [0.4, 0.5) is 0 Å². The number of hydrogen-bond donors (Lipinski definition) is 1. The van der Waals surface area contributed by atoms with Gasteiger partial charge in [0.05, 0.1) is 17.7 Å². The molecule has 6 heteroatoms. The smallest absolute Gasteiger partial charge is 0.191 e. The van der Waals surface area contributed by atoms with E-state index in [-0.39, 0.29) is 6.10 Å². The van der Waals surface area contributed by atoms with Crippen molar-refractivity contribution in [2.45, 2.75) is 17.8 Å². The van der Waals surface area contributed by atoms with E-state index in [1.165, 1.54) is 11.8 Å². The van der Waals surface area contributed by atoms with E-state index < -0.39 is 0 Å². The maximum absolute atomic E-state index is 9.68. The molecule has 0 radical (unpaired) electrons. The predicted molar refractivity (Wildman–Crippen MR) is 67.2 cm³/mol. The third-order valence-corrected chi connectivity index (χ3v) is 4.07. The van der Waals surface area contributed by atoms with Crippen molar-refractivity contribution in [2.24, 2.45) is 0 Å². The number of hydrogen-bond acceptors (Lipinski definition) is 4. The molecule has 0 fully saturated rings. The van der Waals surface area contributed by atoms with E-state index in [4.69, 9.17) is 11.6 Å². The highest BCUT2D eigenvalue weighted by atomic mass is 35.5. The Balaban J connectivity index is 2.11. The van der Waals surface area contributed by atoms with Gasteiger partial charge in [-0.05, 0) is 12.1 Å². The molecule has 2 aromatic rings. The first-order valence-electron chi connectivity index (χ1n) is 5.24. The van der Waals surface area contributed by atoms with Crippen LogP contribution in [0, 0.1) is 0 Å². The largest absolute Gasteiger partial charge is 0.390 e. The fourth-order valence-electron chi connectivity index (χ4n) is 1.84. The second-order valence-corrected chi connectivity index (χ2v) is 5.26. The number of rotatable bonds is 1. The lowest BCUT2D eigenvalue weighted by Gasteiger charge is -2.19. The number of thioether (sulfide) groups is 1. The molecule has 4 nitrogen and oxygen atoms in total. The lowest BCUT2D eigenvalue weighted by atomic mass is 10.2. The van der Waals surface area contributed by atoms with Gasteiger partial charge in [0.2, 0.25) is 0 Å². The highest BCUT2D eigenvalue weighted by Crippen LogP contribution is 2.31. The number of benzene rings is 1. The molecule has 1 aromatic heterocycles. The highest BCUT2D eigenvalue weighted by molar-refractivity contribution is 7.99. The van der Waals surface area contributed by atoms with Crippen LogP contribution in [0.2, 0.25) is 5.02 Å². The van der Waals surface area contributed by atoms with Gasteiger partial charge in [-0.15, -0.1) is 10.2 Å². The topological polar surface area (TPSA) is 50.9 Å². The summed E-state index contributed by atoms with van der Waals surface area (Å²) in [6, 6.07) is 7.52. The summed E-state index contributed by atoms with van der Waals surface area (Å²) in [6.07, 6.45) is -0.357. The van der Waals surface area contributed by atoms with Crippen molar-refractivity contribution < 1.29 is 5.11 Å². The summed E-state index contributed by atoms with van der Waals surface area (Å²) in [7, 11) is 0. The van der Waals surface area contributed by atoms with Gasteiger partial charge in [0, 0.05) is 11.3 Å². The number of aliphatic hydroxyl groups excluding tert-OH is 1. The minimum atomic E-state index is -0.357. The molecule has 1 unspecified atom stereocenters. The third kappa shape index (κ3) is 1.94. The van der Waals surface area contributed by atoms with Crippen molar-refractivity contribution in [3.05, 3.63) is 29.3 Å². The molecule has 0 aliphatic carbocycles. The zero-order valence-corrected chi connectivity index (χ0v) is 10.4. The molecule has 0 saturated carbocycles. The molecule has 0 bridgehead atoms. The summed E-state index contributed by atoms with van der Waals surface area (Å²) in [4.78, 5) is 0. The predicted octanol–water partition coefficient (Wildman–Crippen LogP) is 2.07. The standard InChI is InChI=1S/C11H10ClN3OS/c12-9-4-2-1-3-8(9)10-13-14-11-15(10)5-7(16)6-17-11/h1-4,7,16H,5-6H2. The fraction of sp³-hybridized carbons (Fsp3) is 0.273. The van der Waals surface area contributed by atoms with Crippen LogP contribution in [0.15, 0.2) is 29.4 Å². The molecule has 0 spiro atoms. The zero-order valence-electron chi connectivity index (χ0n) is 8.88. The summed E-state index contributed by atoms with van der Waals surface area (Å²) < 4.78 is 1.92. The quantitative estimate of drug-likeness (QED) is 0.859. The van der Waals surface area contributed by atoms with Gasteiger partial charge in [0.1, 0.15) is 0 Å². The molecule has 1 atom stereocenters. The summed E-state index contributed by atoms with van der Waals surface area (Å²) >= 11 is 7.66. The van der Waals surface area contributed by atoms with Crippen molar-refractivity contribution in [1.29, 1.82) is 0 Å². The average Bonchev–Trinajstić information content (AvgIpc) is 2.72. The van der Waals surface area contributed by atoms with Crippen molar-refractivity contribution in [1.82, 2.24) is 14.8 Å². The number of aromatic nitrogens is 3. The second kappa shape index (κ2) is 4.33. The third-order valence-electron chi connectivity index (χ3n) is 2.63. The van der Waals surface area contributed by atoms with Crippen LogP contribution >= 0.6 is 23.4 Å². The molecule has 17 heavy (non-hydrogen) atoms. The van der Waals surface area contributed by atoms with E-state index in [2.05, 4.69) is 10.2 Å². The monoisotopic (exact) mass is 267 g/mol. The molecular weight excluding hydrogens is 258 g/mol. The Kier molecular flexibility index (Phi) is 2.82. The van der Waals surface area contributed by atoms with E-state index in [0.717, 1.165) is 16.5 Å². The molecule has 0 amide bonds. The van der Waals surface area contributed by atoms with E-state index in [0.29, 0.717) is 17.3 Å². The Morgan fingerprint density at radius 3 is 3.00 bits per heavy atom. The van der Waals surface area contributed by atoms with Gasteiger partial charge in [-0.2, -0.15) is 0 Å². The molecule has 0 saturated heterocycles. The van der Waals surface area contributed by atoms with Gasteiger partial charge < -0.3 is 5.11 Å². The van der Waals surface area contributed by atoms with Gasteiger partial charge in [0.15, 0.2) is 11.0 Å². The Hall–Kier alpha value is -1.04. The SMILES string of the molecule is OC1CSc2nnc(-c3ccccc3Cl)n2C1. The number of nitrogens with zero attached hydrogens (tertiary/aromatic N) is 3. The van der Waals surface area contributed by atoms with Gasteiger partial charge in [0.25, 0.3) is 0 Å². The maximum atomic E-state index is 9.68. The normalized spacial score (nSPS) is 19.1. The van der Waals surface area contributed by atoms with Crippen LogP contribution in [0.25, 0.3) is 11.4 Å². The van der Waals surface area contributed by atoms with Gasteiger partial charge in [-0.25, -0.2) is 0 Å². The summed E-state index contributed by atoms with van der Waals surface area (Å²) in [5.74, 6) is 1.39. The van der Waals surface area contributed by atoms with Gasteiger partial charge >= 0.3 is 0 Å². The average molecular weight is 268 g/mol. The molecule has 3 rings (SSSR count). The van der Waals surface area contributed by atoms with Crippen LogP contribution < -0.4 is 0 Å². The van der Waals surface area contributed by atoms with E-state index in [1.54, 1.807) is 0 Å². The molecule has 1 aromatic carbocycles. The molecule has 1 N–H and O–H groups in total. The molecule has 1 aliphatic heterocycles. The summed E-state index contributed by atoms with van der Waals surface area (Å²) in [6.45, 7) is 0.524. The van der Waals surface area contributed by atoms with Crippen LogP contribution in [0.5, 0.6) is 0 Å². The van der Waals surface area contributed by atoms with E-state index in [9.17, 15) is 5.11 Å². The highest BCUT2D eigenvalue weighted by Gasteiger charge is 2.23. The number of aliphatic hydroxyl groups is 1. The first kappa shape index (κ1) is 11.1. The summed E-state index contributed by atoms with van der Waals surface area (Å²) in [5, 5.41) is 19.4. The van der Waals surface area contributed by atoms with Crippen LogP contribution in [0.3, 0.4) is 0 Å². The van der Waals surface area contributed by atoms with E-state index in [1.807, 2.05) is 28.8 Å². The lowest BCUT2D eigenvalue weighted by Crippen LogP contribution is -2.24. The second-order valence-electron chi connectivity index (χ2n) is 3.86. The van der Waals surface area contributed by atoms with Gasteiger partial charge in [-0.3, -0.25) is 4.57 Å². The zero-order chi connectivity index (χ0) is 11.8. The van der Waals surface area contributed by atoms with Crippen molar-refractivity contribution in [2.75, 3.05) is 5.75 Å². The fourth-order valence-corrected chi connectivity index (χ4v) is 2.92. The van der Waals surface area contributed by atoms with Crippen molar-refractivity contribution in [3.63, 3.8) is 0 Å². The summed E-state index contributed by atoms with van der Waals surface area (Å²) in [5.41, 5.74) is 0.850. The number of halogens is 1. The van der Waals surface area contributed by atoms with Crippen LogP contribution in [-0.2, 0) is 6.54 Å².